The molecule has 7 atom stereocenters. The summed E-state index contributed by atoms with van der Waals surface area (Å²) in [5.74, 6) is 1.50. The van der Waals surface area contributed by atoms with Crippen molar-refractivity contribution in [3.8, 4) is 0 Å². The number of fused-ring (bicyclic) bond motifs is 5. The van der Waals surface area contributed by atoms with Gasteiger partial charge in [0.25, 0.3) is 0 Å². The topological polar surface area (TPSA) is 72.5 Å². The highest BCUT2D eigenvalue weighted by atomic mass is 16.5. The van der Waals surface area contributed by atoms with Crippen LogP contribution in [-0.4, -0.2) is 23.9 Å². The van der Waals surface area contributed by atoms with Gasteiger partial charge in [-0.15, -0.1) is 0 Å². The van der Waals surface area contributed by atoms with Crippen molar-refractivity contribution in [2.24, 2.45) is 34.5 Å². The van der Waals surface area contributed by atoms with Crippen molar-refractivity contribution in [3.63, 3.8) is 0 Å². The number of imide groups is 1. The number of rotatable bonds is 1. The largest absolute Gasteiger partial charge is 0.463 e. The Hall–Kier alpha value is -1.39. The first-order valence-corrected chi connectivity index (χ1v) is 10.3. The molecule has 1 heterocycles. The highest BCUT2D eigenvalue weighted by molar-refractivity contribution is 6.01. The summed E-state index contributed by atoms with van der Waals surface area (Å²) in [6.45, 7) is 5.99. The number of piperidine rings is 1. The first-order chi connectivity index (χ1) is 12.2. The molecular formula is C21H31NO4. The summed E-state index contributed by atoms with van der Waals surface area (Å²) in [7, 11) is 0. The van der Waals surface area contributed by atoms with Crippen LogP contribution in [0.5, 0.6) is 0 Å². The van der Waals surface area contributed by atoms with Crippen LogP contribution in [-0.2, 0) is 19.1 Å². The molecule has 144 valence electrons. The third kappa shape index (κ3) is 2.61. The molecule has 1 N–H and O–H groups in total. The Morgan fingerprint density at radius 1 is 1.08 bits per heavy atom. The molecule has 0 aromatic carbocycles. The van der Waals surface area contributed by atoms with Gasteiger partial charge in [-0.2, -0.15) is 0 Å². The van der Waals surface area contributed by atoms with Crippen LogP contribution in [0.15, 0.2) is 0 Å². The van der Waals surface area contributed by atoms with E-state index in [9.17, 15) is 14.4 Å². The zero-order valence-electron chi connectivity index (χ0n) is 16.2. The molecule has 0 unspecified atom stereocenters. The summed E-state index contributed by atoms with van der Waals surface area (Å²) in [4.78, 5) is 36.0. The first-order valence-electron chi connectivity index (χ1n) is 10.3. The molecular weight excluding hydrogens is 330 g/mol. The Morgan fingerprint density at radius 3 is 2.58 bits per heavy atom. The highest BCUT2D eigenvalue weighted by Gasteiger charge is 2.60. The maximum Gasteiger partial charge on any atom is 0.302 e. The van der Waals surface area contributed by atoms with Gasteiger partial charge in [-0.05, 0) is 74.0 Å². The molecule has 5 nitrogen and oxygen atoms in total. The number of hydrogen-bond acceptors (Lipinski definition) is 4. The van der Waals surface area contributed by atoms with E-state index in [4.69, 9.17) is 4.74 Å². The molecule has 3 saturated carbocycles. The fraction of sp³-hybridized carbons (Fsp3) is 0.857. The normalized spacial score (nSPS) is 47.9. The summed E-state index contributed by atoms with van der Waals surface area (Å²) in [6, 6.07) is 0. The lowest BCUT2D eigenvalue weighted by atomic mass is 9.44. The van der Waals surface area contributed by atoms with Crippen molar-refractivity contribution in [3.05, 3.63) is 0 Å². The molecule has 4 fully saturated rings. The van der Waals surface area contributed by atoms with Crippen molar-refractivity contribution in [2.45, 2.75) is 78.2 Å². The molecule has 4 aliphatic rings. The van der Waals surface area contributed by atoms with Gasteiger partial charge in [-0.3, -0.25) is 19.7 Å². The minimum atomic E-state index is -0.382. The van der Waals surface area contributed by atoms with Crippen LogP contribution in [0, 0.1) is 34.5 Å². The predicted octanol–water partition coefficient (Wildman–Crippen LogP) is 3.21. The van der Waals surface area contributed by atoms with Gasteiger partial charge in [0.1, 0.15) is 6.10 Å². The lowest BCUT2D eigenvalue weighted by molar-refractivity contribution is -0.170. The summed E-state index contributed by atoms with van der Waals surface area (Å²) in [5, 5.41) is 2.58. The summed E-state index contributed by atoms with van der Waals surface area (Å²) < 4.78 is 5.51. The summed E-state index contributed by atoms with van der Waals surface area (Å²) in [5.41, 5.74) is -0.134. The van der Waals surface area contributed by atoms with Crippen molar-refractivity contribution in [2.75, 3.05) is 0 Å². The van der Waals surface area contributed by atoms with Crippen LogP contribution in [0.3, 0.4) is 0 Å². The average molecular weight is 361 g/mol. The Balaban J connectivity index is 1.57. The smallest absolute Gasteiger partial charge is 0.302 e. The second-order valence-corrected chi connectivity index (χ2v) is 9.70. The average Bonchev–Trinajstić information content (AvgIpc) is 2.56. The summed E-state index contributed by atoms with van der Waals surface area (Å²) in [6.07, 6.45) is 7.74. The summed E-state index contributed by atoms with van der Waals surface area (Å²) >= 11 is 0. The molecule has 0 aromatic heterocycles. The maximum absolute atomic E-state index is 12.6. The van der Waals surface area contributed by atoms with Crippen molar-refractivity contribution < 1.29 is 19.1 Å². The van der Waals surface area contributed by atoms with Gasteiger partial charge in [-0.25, -0.2) is 0 Å². The molecule has 26 heavy (non-hydrogen) atoms. The molecule has 5 heteroatoms. The van der Waals surface area contributed by atoms with E-state index in [0.717, 1.165) is 44.9 Å². The Morgan fingerprint density at radius 2 is 1.85 bits per heavy atom. The van der Waals surface area contributed by atoms with E-state index in [-0.39, 0.29) is 40.6 Å². The van der Waals surface area contributed by atoms with Crippen LogP contribution in [0.2, 0.25) is 0 Å². The maximum atomic E-state index is 12.6. The fourth-order valence-corrected chi connectivity index (χ4v) is 7.06. The van der Waals surface area contributed by atoms with Crippen molar-refractivity contribution in [1.29, 1.82) is 0 Å². The highest BCUT2D eigenvalue weighted by Crippen LogP contribution is 2.64. The van der Waals surface area contributed by atoms with Crippen LogP contribution in [0.4, 0.5) is 0 Å². The molecule has 0 radical (unpaired) electrons. The number of esters is 1. The standard InChI is InChI=1S/C21H31NO4/c1-12(23)26-14-6-8-20(2)13(10-14)4-5-15-16(20)7-9-21(3)17(15)11-18(24)22-19(21)25/h13-17H,4-11H2,1-3H3,(H,22,24,25)/t13-,14-,15-,16-,17+,20-,21-/m0/s1. The molecule has 3 aliphatic carbocycles. The number of carbonyl (C=O) groups is 3. The van der Waals surface area contributed by atoms with E-state index >= 15 is 0 Å². The van der Waals surface area contributed by atoms with Crippen LogP contribution in [0.25, 0.3) is 0 Å². The van der Waals surface area contributed by atoms with E-state index in [1.54, 1.807) is 0 Å². The van der Waals surface area contributed by atoms with Gasteiger partial charge in [0.05, 0.1) is 5.41 Å². The van der Waals surface area contributed by atoms with Crippen LogP contribution in [0.1, 0.15) is 72.1 Å². The van der Waals surface area contributed by atoms with E-state index in [1.165, 1.54) is 6.92 Å². The Bertz CT molecular complexity index is 646. The van der Waals surface area contributed by atoms with Crippen molar-refractivity contribution in [1.82, 2.24) is 5.32 Å². The second-order valence-electron chi connectivity index (χ2n) is 9.70. The van der Waals surface area contributed by atoms with Gasteiger partial charge in [0.15, 0.2) is 0 Å². The van der Waals surface area contributed by atoms with E-state index < -0.39 is 0 Å². The molecule has 0 spiro atoms. The van der Waals surface area contributed by atoms with Gasteiger partial charge in [0, 0.05) is 13.3 Å². The lowest BCUT2D eigenvalue weighted by Crippen LogP contribution is -2.61. The molecule has 0 aromatic rings. The Kier molecular flexibility index (Phi) is 4.20. The predicted molar refractivity (Wildman–Crippen MR) is 95.8 cm³/mol. The minimum absolute atomic E-state index is 0.0527. The number of nitrogens with one attached hydrogen (secondary N) is 1. The third-order valence-corrected chi connectivity index (χ3v) is 8.52. The monoisotopic (exact) mass is 361 g/mol. The van der Waals surface area contributed by atoms with E-state index in [1.807, 2.05) is 0 Å². The Labute approximate surface area is 155 Å². The lowest BCUT2D eigenvalue weighted by Gasteiger charge is -2.61. The van der Waals surface area contributed by atoms with Gasteiger partial charge in [-0.1, -0.05) is 13.8 Å². The molecule has 0 bridgehead atoms. The number of ether oxygens (including phenoxy) is 1. The number of hydrogen-bond donors (Lipinski definition) is 1. The first kappa shape index (κ1) is 18.0. The number of amides is 2. The molecule has 2 amide bonds. The third-order valence-electron chi connectivity index (χ3n) is 8.52. The zero-order chi connectivity index (χ0) is 18.7. The van der Waals surface area contributed by atoms with Gasteiger partial charge < -0.3 is 4.74 Å². The van der Waals surface area contributed by atoms with E-state index in [2.05, 4.69) is 19.2 Å². The molecule has 1 aliphatic heterocycles. The van der Waals surface area contributed by atoms with Crippen LogP contribution >= 0.6 is 0 Å². The molecule has 4 rings (SSSR count). The zero-order valence-corrected chi connectivity index (χ0v) is 16.2. The fourth-order valence-electron chi connectivity index (χ4n) is 7.06. The van der Waals surface area contributed by atoms with Crippen molar-refractivity contribution >= 4 is 17.8 Å². The van der Waals surface area contributed by atoms with Crippen LogP contribution < -0.4 is 5.32 Å². The van der Waals surface area contributed by atoms with Gasteiger partial charge in [0.2, 0.25) is 11.8 Å². The van der Waals surface area contributed by atoms with Gasteiger partial charge >= 0.3 is 5.97 Å². The SMILES string of the molecule is CC(=O)O[C@H]1CC[C@@]2(C)[C@@H](CC[C@@H]3[C@H]4CC(=O)NC(=O)[C@@]4(C)CC[C@@H]32)C1. The second kappa shape index (κ2) is 6.07. The quantitative estimate of drug-likeness (QED) is 0.575. The molecule has 1 saturated heterocycles. The number of carbonyl (C=O) groups excluding carboxylic acids is 3. The van der Waals surface area contributed by atoms with E-state index in [0.29, 0.717) is 24.2 Å². The minimum Gasteiger partial charge on any atom is -0.463 e.